The standard InChI is InChI=1S/C19H19NO4/c21-18(22)16-8-9-17-12-20(10-4-7-15(17)11-16)19(23)24-13-14-5-2-1-3-6-14/h1-3,5-6,8-9,11H,4,7,10,12-13H2,(H,21,22). The lowest BCUT2D eigenvalue weighted by atomic mass is 10.0. The van der Waals surface area contributed by atoms with Gasteiger partial charge in [0.25, 0.3) is 0 Å². The second-order valence-corrected chi connectivity index (χ2v) is 5.85. The van der Waals surface area contributed by atoms with Crippen molar-refractivity contribution in [3.05, 3.63) is 70.8 Å². The predicted octanol–water partition coefficient (Wildman–Crippen LogP) is 3.47. The lowest BCUT2D eigenvalue weighted by Crippen LogP contribution is -2.31. The van der Waals surface area contributed by atoms with Crippen molar-refractivity contribution < 1.29 is 19.4 Å². The van der Waals surface area contributed by atoms with Gasteiger partial charge in [0.2, 0.25) is 0 Å². The Bertz CT molecular complexity index is 742. The smallest absolute Gasteiger partial charge is 0.410 e. The van der Waals surface area contributed by atoms with E-state index >= 15 is 0 Å². The first kappa shape index (κ1) is 16.1. The summed E-state index contributed by atoms with van der Waals surface area (Å²) in [5, 5.41) is 9.09. The summed E-state index contributed by atoms with van der Waals surface area (Å²) in [7, 11) is 0. The number of carboxylic acids is 1. The van der Waals surface area contributed by atoms with Crippen molar-refractivity contribution in [1.29, 1.82) is 0 Å². The van der Waals surface area contributed by atoms with E-state index in [1.54, 1.807) is 23.1 Å². The zero-order chi connectivity index (χ0) is 16.9. The third-order valence-corrected chi connectivity index (χ3v) is 4.15. The van der Waals surface area contributed by atoms with Crippen LogP contribution in [0, 0.1) is 0 Å². The highest BCUT2D eigenvalue weighted by Crippen LogP contribution is 2.21. The minimum atomic E-state index is -0.929. The number of hydrogen-bond donors (Lipinski definition) is 1. The van der Waals surface area contributed by atoms with E-state index in [1.807, 2.05) is 30.3 Å². The zero-order valence-electron chi connectivity index (χ0n) is 13.3. The summed E-state index contributed by atoms with van der Waals surface area (Å²) in [4.78, 5) is 25.1. The average Bonchev–Trinajstić information content (AvgIpc) is 2.82. The first-order valence-corrected chi connectivity index (χ1v) is 7.94. The van der Waals surface area contributed by atoms with Crippen molar-refractivity contribution in [1.82, 2.24) is 4.90 Å². The number of carbonyl (C=O) groups excluding carboxylic acids is 1. The molecule has 0 saturated heterocycles. The van der Waals surface area contributed by atoms with Crippen molar-refractivity contribution in [2.45, 2.75) is 26.0 Å². The lowest BCUT2D eigenvalue weighted by molar-refractivity contribution is 0.0696. The Morgan fingerprint density at radius 1 is 1.08 bits per heavy atom. The molecule has 0 aliphatic carbocycles. The van der Waals surface area contributed by atoms with E-state index in [1.165, 1.54) is 0 Å². The number of ether oxygens (including phenoxy) is 1. The fourth-order valence-corrected chi connectivity index (χ4v) is 2.86. The number of benzene rings is 2. The van der Waals surface area contributed by atoms with Crippen molar-refractivity contribution in [3.8, 4) is 0 Å². The van der Waals surface area contributed by atoms with Gasteiger partial charge in [-0.15, -0.1) is 0 Å². The number of carbonyl (C=O) groups is 2. The third kappa shape index (κ3) is 3.74. The summed E-state index contributed by atoms with van der Waals surface area (Å²) in [5.41, 5.74) is 3.21. The fraction of sp³-hybridized carbons (Fsp3) is 0.263. The topological polar surface area (TPSA) is 66.8 Å². The summed E-state index contributed by atoms with van der Waals surface area (Å²) < 4.78 is 5.39. The average molecular weight is 325 g/mol. The Morgan fingerprint density at radius 2 is 1.88 bits per heavy atom. The summed E-state index contributed by atoms with van der Waals surface area (Å²) in [6, 6.07) is 14.6. The van der Waals surface area contributed by atoms with Crippen LogP contribution in [0.15, 0.2) is 48.5 Å². The Hall–Kier alpha value is -2.82. The molecular formula is C19H19NO4. The molecule has 0 saturated carbocycles. The van der Waals surface area contributed by atoms with Crippen LogP contribution in [0.4, 0.5) is 4.79 Å². The van der Waals surface area contributed by atoms with Gasteiger partial charge in [0.15, 0.2) is 0 Å². The minimum Gasteiger partial charge on any atom is -0.478 e. The first-order valence-electron chi connectivity index (χ1n) is 7.94. The highest BCUT2D eigenvalue weighted by atomic mass is 16.6. The van der Waals surface area contributed by atoms with Gasteiger partial charge in [0.1, 0.15) is 6.61 Å². The van der Waals surface area contributed by atoms with Crippen LogP contribution in [0.3, 0.4) is 0 Å². The molecule has 0 bridgehead atoms. The molecule has 0 radical (unpaired) electrons. The van der Waals surface area contributed by atoms with Gasteiger partial charge in [-0.05, 0) is 41.7 Å². The van der Waals surface area contributed by atoms with E-state index in [-0.39, 0.29) is 18.3 Å². The van der Waals surface area contributed by atoms with Crippen LogP contribution in [0.25, 0.3) is 0 Å². The van der Waals surface area contributed by atoms with Gasteiger partial charge in [-0.2, -0.15) is 0 Å². The Labute approximate surface area is 140 Å². The van der Waals surface area contributed by atoms with E-state index in [2.05, 4.69) is 0 Å². The molecule has 0 aromatic heterocycles. The van der Waals surface area contributed by atoms with E-state index in [9.17, 15) is 9.59 Å². The van der Waals surface area contributed by atoms with E-state index in [4.69, 9.17) is 9.84 Å². The van der Waals surface area contributed by atoms with Crippen LogP contribution in [-0.2, 0) is 24.3 Å². The molecular weight excluding hydrogens is 306 g/mol. The monoisotopic (exact) mass is 325 g/mol. The molecule has 1 N–H and O–H groups in total. The van der Waals surface area contributed by atoms with Crippen LogP contribution < -0.4 is 0 Å². The lowest BCUT2D eigenvalue weighted by Gasteiger charge is -2.20. The van der Waals surface area contributed by atoms with E-state index < -0.39 is 5.97 Å². The van der Waals surface area contributed by atoms with E-state index in [0.717, 1.165) is 29.5 Å². The van der Waals surface area contributed by atoms with Crippen molar-refractivity contribution in [2.24, 2.45) is 0 Å². The maximum Gasteiger partial charge on any atom is 0.410 e. The Balaban J connectivity index is 1.67. The molecule has 1 heterocycles. The molecule has 2 aromatic rings. The van der Waals surface area contributed by atoms with Crippen molar-refractivity contribution in [2.75, 3.05) is 6.54 Å². The minimum absolute atomic E-state index is 0.251. The summed E-state index contributed by atoms with van der Waals surface area (Å²) in [5.74, 6) is -0.929. The summed E-state index contributed by atoms with van der Waals surface area (Å²) >= 11 is 0. The normalized spacial score (nSPS) is 13.8. The third-order valence-electron chi connectivity index (χ3n) is 4.15. The fourth-order valence-electron chi connectivity index (χ4n) is 2.86. The van der Waals surface area contributed by atoms with Crippen LogP contribution >= 0.6 is 0 Å². The summed E-state index contributed by atoms with van der Waals surface area (Å²) in [6.07, 6.45) is 1.21. The van der Waals surface area contributed by atoms with Gasteiger partial charge in [-0.1, -0.05) is 36.4 Å². The molecule has 1 aliphatic rings. The molecule has 0 spiro atoms. The zero-order valence-corrected chi connectivity index (χ0v) is 13.3. The summed E-state index contributed by atoms with van der Waals surface area (Å²) in [6.45, 7) is 1.30. The number of fused-ring (bicyclic) bond motifs is 1. The number of nitrogens with zero attached hydrogens (tertiary/aromatic N) is 1. The molecule has 5 heteroatoms. The van der Waals surface area contributed by atoms with E-state index in [0.29, 0.717) is 13.1 Å². The highest BCUT2D eigenvalue weighted by molar-refractivity contribution is 5.88. The second kappa shape index (κ2) is 7.17. The molecule has 3 rings (SSSR count). The number of aryl methyl sites for hydroxylation is 1. The molecule has 5 nitrogen and oxygen atoms in total. The molecule has 1 aliphatic heterocycles. The molecule has 124 valence electrons. The van der Waals surface area contributed by atoms with Crippen molar-refractivity contribution in [3.63, 3.8) is 0 Å². The number of carboxylic acid groups (broad SMARTS) is 1. The molecule has 0 atom stereocenters. The van der Waals surface area contributed by atoms with Gasteiger partial charge in [0, 0.05) is 13.1 Å². The first-order chi connectivity index (χ1) is 11.6. The van der Waals surface area contributed by atoms with Gasteiger partial charge in [-0.25, -0.2) is 9.59 Å². The van der Waals surface area contributed by atoms with Gasteiger partial charge < -0.3 is 14.7 Å². The molecule has 0 fully saturated rings. The molecule has 1 amide bonds. The molecule has 2 aromatic carbocycles. The highest BCUT2D eigenvalue weighted by Gasteiger charge is 2.21. The number of amides is 1. The number of rotatable bonds is 3. The van der Waals surface area contributed by atoms with Crippen LogP contribution in [-0.4, -0.2) is 28.6 Å². The van der Waals surface area contributed by atoms with Crippen LogP contribution in [0.2, 0.25) is 0 Å². The maximum absolute atomic E-state index is 12.3. The van der Waals surface area contributed by atoms with Gasteiger partial charge >= 0.3 is 12.1 Å². The maximum atomic E-state index is 12.3. The predicted molar refractivity (Wildman–Crippen MR) is 88.8 cm³/mol. The SMILES string of the molecule is O=C(O)c1ccc2c(c1)CCCN(C(=O)OCc1ccccc1)C2. The number of aromatic carboxylic acids is 1. The largest absolute Gasteiger partial charge is 0.478 e. The Morgan fingerprint density at radius 3 is 2.62 bits per heavy atom. The Kier molecular flexibility index (Phi) is 4.79. The van der Waals surface area contributed by atoms with Gasteiger partial charge in [0.05, 0.1) is 5.56 Å². The second-order valence-electron chi connectivity index (χ2n) is 5.85. The van der Waals surface area contributed by atoms with Crippen LogP contribution in [0.5, 0.6) is 0 Å². The quantitative estimate of drug-likeness (QED) is 0.938. The van der Waals surface area contributed by atoms with Crippen LogP contribution in [0.1, 0.15) is 33.5 Å². The van der Waals surface area contributed by atoms with Gasteiger partial charge in [-0.3, -0.25) is 0 Å². The van der Waals surface area contributed by atoms with Crippen molar-refractivity contribution >= 4 is 12.1 Å². The molecule has 0 unspecified atom stereocenters. The number of hydrogen-bond acceptors (Lipinski definition) is 3. The molecule has 24 heavy (non-hydrogen) atoms.